The average Bonchev–Trinajstić information content (AvgIpc) is 3.32. The van der Waals surface area contributed by atoms with Gasteiger partial charge in [0, 0.05) is 11.8 Å². The molecule has 0 bridgehead atoms. The van der Waals surface area contributed by atoms with Crippen molar-refractivity contribution in [3.05, 3.63) is 66.6 Å². The summed E-state index contributed by atoms with van der Waals surface area (Å²) in [4.78, 5) is 27.1. The molecule has 9 nitrogen and oxygen atoms in total. The van der Waals surface area contributed by atoms with Crippen LogP contribution in [0.4, 0.5) is 11.4 Å². The number of furan rings is 1. The maximum absolute atomic E-state index is 13.4. The summed E-state index contributed by atoms with van der Waals surface area (Å²) in [6.45, 7) is -0.370. The zero-order valence-electron chi connectivity index (χ0n) is 18.0. The van der Waals surface area contributed by atoms with Crippen LogP contribution < -0.4 is 19.7 Å². The molecule has 33 heavy (non-hydrogen) atoms. The molecule has 172 valence electrons. The molecule has 3 aromatic rings. The van der Waals surface area contributed by atoms with Gasteiger partial charge in [0.1, 0.15) is 17.6 Å². The largest absolute Gasteiger partial charge is 0.493 e. The molecule has 0 radical (unpaired) electrons. The van der Waals surface area contributed by atoms with Crippen LogP contribution in [0, 0.1) is 0 Å². The van der Waals surface area contributed by atoms with Crippen LogP contribution >= 0.6 is 0 Å². The van der Waals surface area contributed by atoms with E-state index in [1.165, 1.54) is 43.6 Å². The summed E-state index contributed by atoms with van der Waals surface area (Å²) in [6, 6.07) is 14.1. The fourth-order valence-corrected chi connectivity index (χ4v) is 5.59. The number of hydrogen-bond acceptors (Lipinski definition) is 7. The van der Waals surface area contributed by atoms with E-state index in [9.17, 15) is 18.0 Å². The van der Waals surface area contributed by atoms with Crippen LogP contribution in [-0.2, 0) is 19.4 Å². The Bertz CT molecular complexity index is 1290. The van der Waals surface area contributed by atoms with Crippen LogP contribution in [0.25, 0.3) is 0 Å². The van der Waals surface area contributed by atoms with Crippen molar-refractivity contribution in [2.24, 2.45) is 0 Å². The molecule has 1 aliphatic rings. The molecule has 2 heterocycles. The molecule has 0 aliphatic carbocycles. The normalized spacial score (nSPS) is 17.1. The molecule has 0 saturated heterocycles. The Hall–Kier alpha value is -3.79. The summed E-state index contributed by atoms with van der Waals surface area (Å²) in [7, 11) is -0.957. The van der Waals surface area contributed by atoms with Crippen LogP contribution in [0.3, 0.4) is 0 Å². The van der Waals surface area contributed by atoms with Gasteiger partial charge in [-0.2, -0.15) is 0 Å². The minimum absolute atomic E-state index is 0.0313. The standard InChI is InChI=1S/C23H22N2O7S/c1-30-17-10-9-15(12-19(17)31-2)24-22(26)14-25-16-6-3-4-8-20(16)33(28,29)21(13-23(25)27)18-7-5-11-32-18/h3-12,21H,13-14H2,1-2H3,(H,24,26). The Morgan fingerprint density at radius 2 is 1.85 bits per heavy atom. The highest BCUT2D eigenvalue weighted by atomic mass is 32.2. The van der Waals surface area contributed by atoms with Crippen LogP contribution in [-0.4, -0.2) is 41.0 Å². The summed E-state index contributed by atoms with van der Waals surface area (Å²) < 4.78 is 42.5. The zero-order chi connectivity index (χ0) is 23.6. The van der Waals surface area contributed by atoms with E-state index >= 15 is 0 Å². The van der Waals surface area contributed by atoms with Gasteiger partial charge in [-0.15, -0.1) is 0 Å². The highest BCUT2D eigenvalue weighted by molar-refractivity contribution is 7.91. The van der Waals surface area contributed by atoms with Crippen molar-refractivity contribution >= 4 is 33.0 Å². The van der Waals surface area contributed by atoms with Gasteiger partial charge in [0.05, 0.1) is 37.5 Å². The molecule has 1 aliphatic heterocycles. The first-order valence-corrected chi connectivity index (χ1v) is 11.6. The molecule has 0 spiro atoms. The van der Waals surface area contributed by atoms with E-state index in [0.717, 1.165) is 0 Å². The van der Waals surface area contributed by atoms with E-state index < -0.39 is 26.9 Å². The fourth-order valence-electron chi connectivity index (χ4n) is 3.75. The molecule has 2 aromatic carbocycles. The molecule has 0 saturated carbocycles. The van der Waals surface area contributed by atoms with Crippen molar-refractivity contribution in [1.29, 1.82) is 0 Å². The first kappa shape index (κ1) is 22.4. The van der Waals surface area contributed by atoms with Crippen LogP contribution in [0.1, 0.15) is 17.4 Å². The lowest BCUT2D eigenvalue weighted by Gasteiger charge is -2.22. The number of fused-ring (bicyclic) bond motifs is 1. The Labute approximate surface area is 190 Å². The fraction of sp³-hybridized carbons (Fsp3) is 0.217. The van der Waals surface area contributed by atoms with Crippen LogP contribution in [0.2, 0.25) is 0 Å². The van der Waals surface area contributed by atoms with Crippen molar-refractivity contribution < 1.29 is 31.9 Å². The van der Waals surface area contributed by atoms with Gasteiger partial charge < -0.3 is 24.1 Å². The molecule has 4 rings (SSSR count). The second kappa shape index (κ2) is 8.99. The van der Waals surface area contributed by atoms with Gasteiger partial charge in [0.2, 0.25) is 11.8 Å². The molecule has 1 aromatic heterocycles. The lowest BCUT2D eigenvalue weighted by molar-refractivity contribution is -0.121. The Kier molecular flexibility index (Phi) is 6.10. The molecule has 1 unspecified atom stereocenters. The molecule has 0 fully saturated rings. The van der Waals surface area contributed by atoms with Crippen molar-refractivity contribution in [2.45, 2.75) is 16.6 Å². The summed E-state index contributed by atoms with van der Waals surface area (Å²) in [5.74, 6) is 0.0987. The number of amides is 2. The number of carbonyl (C=O) groups is 2. The third-order valence-electron chi connectivity index (χ3n) is 5.33. The number of methoxy groups -OCH3 is 2. The maximum atomic E-state index is 13.4. The van der Waals surface area contributed by atoms with E-state index in [0.29, 0.717) is 17.2 Å². The summed E-state index contributed by atoms with van der Waals surface area (Å²) >= 11 is 0. The van der Waals surface area contributed by atoms with E-state index in [4.69, 9.17) is 13.9 Å². The van der Waals surface area contributed by atoms with Crippen molar-refractivity contribution in [3.8, 4) is 11.5 Å². The van der Waals surface area contributed by atoms with Gasteiger partial charge in [-0.25, -0.2) is 8.42 Å². The number of carbonyl (C=O) groups excluding carboxylic acids is 2. The van der Waals surface area contributed by atoms with Gasteiger partial charge in [-0.1, -0.05) is 12.1 Å². The monoisotopic (exact) mass is 470 g/mol. The van der Waals surface area contributed by atoms with Gasteiger partial charge in [0.25, 0.3) is 0 Å². The number of rotatable bonds is 6. The van der Waals surface area contributed by atoms with E-state index in [1.54, 1.807) is 36.4 Å². The van der Waals surface area contributed by atoms with E-state index in [2.05, 4.69) is 5.32 Å². The van der Waals surface area contributed by atoms with Gasteiger partial charge in [-0.05, 0) is 36.4 Å². The molecule has 10 heteroatoms. The van der Waals surface area contributed by atoms with Crippen molar-refractivity contribution in [2.75, 3.05) is 31.0 Å². The lowest BCUT2D eigenvalue weighted by Crippen LogP contribution is -2.38. The predicted octanol–water partition coefficient (Wildman–Crippen LogP) is 3.19. The third kappa shape index (κ3) is 4.29. The van der Waals surface area contributed by atoms with E-state index in [1.807, 2.05) is 0 Å². The number of nitrogens with zero attached hydrogens (tertiary/aromatic N) is 1. The van der Waals surface area contributed by atoms with E-state index in [-0.39, 0.29) is 29.3 Å². The maximum Gasteiger partial charge on any atom is 0.244 e. The minimum atomic E-state index is -3.94. The number of para-hydroxylation sites is 1. The second-order valence-electron chi connectivity index (χ2n) is 7.32. The van der Waals surface area contributed by atoms with Gasteiger partial charge >= 0.3 is 0 Å². The number of anilines is 2. The molecule has 1 N–H and O–H groups in total. The third-order valence-corrected chi connectivity index (χ3v) is 7.43. The zero-order valence-corrected chi connectivity index (χ0v) is 18.8. The van der Waals surface area contributed by atoms with Crippen molar-refractivity contribution in [1.82, 2.24) is 0 Å². The second-order valence-corrected chi connectivity index (χ2v) is 9.42. The topological polar surface area (TPSA) is 115 Å². The SMILES string of the molecule is COc1ccc(NC(=O)CN2C(=O)CC(c3ccco3)S(=O)(=O)c3ccccc32)cc1OC. The molecular weight excluding hydrogens is 448 g/mol. The smallest absolute Gasteiger partial charge is 0.244 e. The van der Waals surface area contributed by atoms with Gasteiger partial charge in [-0.3, -0.25) is 9.59 Å². The average molecular weight is 471 g/mol. The lowest BCUT2D eigenvalue weighted by atomic mass is 10.2. The predicted molar refractivity (Wildman–Crippen MR) is 120 cm³/mol. The molecule has 1 atom stereocenters. The number of hydrogen-bond donors (Lipinski definition) is 1. The Morgan fingerprint density at radius 3 is 2.55 bits per heavy atom. The van der Waals surface area contributed by atoms with Crippen LogP contribution in [0.5, 0.6) is 11.5 Å². The highest BCUT2D eigenvalue weighted by Crippen LogP contribution is 2.40. The number of sulfone groups is 1. The quantitative estimate of drug-likeness (QED) is 0.588. The first-order valence-electron chi connectivity index (χ1n) is 10.0. The number of ether oxygens (including phenoxy) is 2. The minimum Gasteiger partial charge on any atom is -0.493 e. The summed E-state index contributed by atoms with van der Waals surface area (Å²) in [5.41, 5.74) is 0.591. The molecular formula is C23H22N2O7S. The Morgan fingerprint density at radius 1 is 1.09 bits per heavy atom. The molecule has 2 amide bonds. The Balaban J connectivity index is 1.64. The summed E-state index contributed by atoms with van der Waals surface area (Å²) in [5, 5.41) is 1.53. The van der Waals surface area contributed by atoms with Crippen molar-refractivity contribution in [3.63, 3.8) is 0 Å². The highest BCUT2D eigenvalue weighted by Gasteiger charge is 2.41. The van der Waals surface area contributed by atoms with Gasteiger partial charge in [0.15, 0.2) is 21.3 Å². The first-order chi connectivity index (χ1) is 15.8. The number of benzene rings is 2. The van der Waals surface area contributed by atoms with Crippen LogP contribution in [0.15, 0.2) is 70.2 Å². The summed E-state index contributed by atoms with van der Waals surface area (Å²) in [6.07, 6.45) is 1.01. The number of nitrogens with one attached hydrogen (secondary N) is 1.